The number of fused-ring (bicyclic) bond motifs is 1. The van der Waals surface area contributed by atoms with Gasteiger partial charge in [0.2, 0.25) is 11.8 Å². The maximum absolute atomic E-state index is 12.0. The van der Waals surface area contributed by atoms with E-state index in [1.165, 1.54) is 5.56 Å². The second-order valence-corrected chi connectivity index (χ2v) is 7.83. The minimum absolute atomic E-state index is 0.0183. The number of methoxy groups -OCH3 is 1. The van der Waals surface area contributed by atoms with E-state index in [9.17, 15) is 4.79 Å². The molecule has 0 aliphatic carbocycles. The van der Waals surface area contributed by atoms with Gasteiger partial charge >= 0.3 is 0 Å². The first-order valence-electron chi connectivity index (χ1n) is 10.1. The molecule has 9 heteroatoms. The minimum atomic E-state index is -0.0183. The highest BCUT2D eigenvalue weighted by Gasteiger charge is 2.14. The van der Waals surface area contributed by atoms with Crippen LogP contribution in [0.5, 0.6) is 11.6 Å². The van der Waals surface area contributed by atoms with Gasteiger partial charge in [-0.15, -0.1) is 27.1 Å². The molecule has 0 bridgehead atoms. The van der Waals surface area contributed by atoms with Crippen LogP contribution in [0.3, 0.4) is 0 Å². The standard InChI is InChI=1S/C23H23N5O3S/c1-30-19-10-6-5-9-18(19)23-26-25-20-11-12-22(27-28(20)23)31-14-13-24-21(29)16-32-15-17-7-3-2-4-8-17/h2-12H,13-16H2,1H3,(H,24,29). The van der Waals surface area contributed by atoms with E-state index in [1.54, 1.807) is 35.5 Å². The van der Waals surface area contributed by atoms with Crippen molar-refractivity contribution in [1.29, 1.82) is 0 Å². The fourth-order valence-electron chi connectivity index (χ4n) is 3.08. The highest BCUT2D eigenvalue weighted by atomic mass is 32.2. The van der Waals surface area contributed by atoms with E-state index in [2.05, 4.69) is 32.7 Å². The van der Waals surface area contributed by atoms with Crippen molar-refractivity contribution in [2.75, 3.05) is 26.0 Å². The Morgan fingerprint density at radius 3 is 2.69 bits per heavy atom. The van der Waals surface area contributed by atoms with Crippen LogP contribution in [-0.2, 0) is 10.5 Å². The maximum atomic E-state index is 12.0. The van der Waals surface area contributed by atoms with Crippen LogP contribution >= 0.6 is 11.8 Å². The predicted octanol–water partition coefficient (Wildman–Crippen LogP) is 3.23. The van der Waals surface area contributed by atoms with Crippen LogP contribution in [0.1, 0.15) is 5.56 Å². The second kappa shape index (κ2) is 10.6. The number of ether oxygens (including phenoxy) is 2. The molecule has 8 nitrogen and oxygen atoms in total. The van der Waals surface area contributed by atoms with Crippen LogP contribution < -0.4 is 14.8 Å². The average molecular weight is 450 g/mol. The van der Waals surface area contributed by atoms with Gasteiger partial charge in [0.1, 0.15) is 12.4 Å². The molecule has 0 radical (unpaired) electrons. The third-order valence-electron chi connectivity index (χ3n) is 4.61. The summed E-state index contributed by atoms with van der Waals surface area (Å²) in [6.45, 7) is 0.700. The number of thioether (sulfide) groups is 1. The Balaban J connectivity index is 1.29. The molecule has 1 N–H and O–H groups in total. The molecule has 0 unspecified atom stereocenters. The monoisotopic (exact) mass is 449 g/mol. The van der Waals surface area contributed by atoms with Crippen molar-refractivity contribution >= 4 is 23.3 Å². The molecular weight excluding hydrogens is 426 g/mol. The smallest absolute Gasteiger partial charge is 0.231 e. The molecule has 0 fully saturated rings. The summed E-state index contributed by atoms with van der Waals surface area (Å²) in [5.74, 6) is 2.86. The Kier molecular flexibility index (Phi) is 7.19. The van der Waals surface area contributed by atoms with Crippen molar-refractivity contribution in [3.8, 4) is 23.0 Å². The lowest BCUT2D eigenvalue weighted by molar-refractivity contribution is -0.118. The summed E-state index contributed by atoms with van der Waals surface area (Å²) >= 11 is 1.58. The fourth-order valence-corrected chi connectivity index (χ4v) is 3.90. The van der Waals surface area contributed by atoms with Crippen LogP contribution in [0, 0.1) is 0 Å². The molecule has 0 atom stereocenters. The average Bonchev–Trinajstić information content (AvgIpc) is 3.25. The second-order valence-electron chi connectivity index (χ2n) is 6.84. The fraction of sp³-hybridized carbons (Fsp3) is 0.217. The molecule has 2 aromatic carbocycles. The van der Waals surface area contributed by atoms with Gasteiger partial charge in [-0.3, -0.25) is 4.79 Å². The molecule has 4 rings (SSSR count). The van der Waals surface area contributed by atoms with Crippen LogP contribution in [0.2, 0.25) is 0 Å². The summed E-state index contributed by atoms with van der Waals surface area (Å²) in [7, 11) is 1.61. The molecule has 0 aliphatic heterocycles. The van der Waals surface area contributed by atoms with Crippen LogP contribution in [-0.4, -0.2) is 51.7 Å². The van der Waals surface area contributed by atoms with Crippen molar-refractivity contribution in [3.05, 3.63) is 72.3 Å². The number of carbonyl (C=O) groups excluding carboxylic acids is 1. The third kappa shape index (κ3) is 5.36. The van der Waals surface area contributed by atoms with Gasteiger partial charge in [-0.1, -0.05) is 42.5 Å². The summed E-state index contributed by atoms with van der Waals surface area (Å²) in [6.07, 6.45) is 0. The van der Waals surface area contributed by atoms with Gasteiger partial charge < -0.3 is 14.8 Å². The van der Waals surface area contributed by atoms with Crippen molar-refractivity contribution in [2.24, 2.45) is 0 Å². The normalized spacial score (nSPS) is 10.8. The van der Waals surface area contributed by atoms with Gasteiger partial charge in [-0.05, 0) is 23.8 Å². The summed E-state index contributed by atoms with van der Waals surface area (Å²) < 4.78 is 12.8. The summed E-state index contributed by atoms with van der Waals surface area (Å²) in [5, 5.41) is 15.7. The lowest BCUT2D eigenvalue weighted by Crippen LogP contribution is -2.29. The lowest BCUT2D eigenvalue weighted by atomic mass is 10.2. The van der Waals surface area contributed by atoms with E-state index >= 15 is 0 Å². The zero-order valence-corrected chi connectivity index (χ0v) is 18.4. The number of hydrogen-bond acceptors (Lipinski definition) is 7. The minimum Gasteiger partial charge on any atom is -0.496 e. The van der Waals surface area contributed by atoms with Gasteiger partial charge in [0.25, 0.3) is 0 Å². The zero-order valence-electron chi connectivity index (χ0n) is 17.6. The molecule has 164 valence electrons. The molecule has 32 heavy (non-hydrogen) atoms. The Bertz CT molecular complexity index is 1180. The van der Waals surface area contributed by atoms with Crippen molar-refractivity contribution in [1.82, 2.24) is 25.1 Å². The molecular formula is C23H23N5O3S. The molecule has 0 saturated carbocycles. The van der Waals surface area contributed by atoms with Crippen LogP contribution in [0.25, 0.3) is 17.0 Å². The van der Waals surface area contributed by atoms with Crippen molar-refractivity contribution in [2.45, 2.75) is 5.75 Å². The van der Waals surface area contributed by atoms with Crippen LogP contribution in [0.15, 0.2) is 66.7 Å². The molecule has 4 aromatic rings. The Morgan fingerprint density at radius 1 is 1.03 bits per heavy atom. The van der Waals surface area contributed by atoms with Gasteiger partial charge in [-0.25, -0.2) is 0 Å². The summed E-state index contributed by atoms with van der Waals surface area (Å²) in [4.78, 5) is 12.0. The molecule has 2 heterocycles. The molecule has 2 aromatic heterocycles. The van der Waals surface area contributed by atoms with Gasteiger partial charge in [0.15, 0.2) is 11.5 Å². The molecule has 0 spiro atoms. The molecule has 0 aliphatic rings. The van der Waals surface area contributed by atoms with Crippen molar-refractivity contribution in [3.63, 3.8) is 0 Å². The third-order valence-corrected chi connectivity index (χ3v) is 5.61. The number of para-hydroxylation sites is 1. The number of nitrogens with zero attached hydrogens (tertiary/aromatic N) is 4. The van der Waals surface area contributed by atoms with Gasteiger partial charge in [-0.2, -0.15) is 4.52 Å². The van der Waals surface area contributed by atoms with Gasteiger partial charge in [0.05, 0.1) is 25.0 Å². The number of carbonyl (C=O) groups is 1. The summed E-state index contributed by atoms with van der Waals surface area (Å²) in [6, 6.07) is 21.2. The highest BCUT2D eigenvalue weighted by molar-refractivity contribution is 7.99. The van der Waals surface area contributed by atoms with E-state index in [4.69, 9.17) is 9.47 Å². The molecule has 1 amide bonds. The van der Waals surface area contributed by atoms with Crippen LogP contribution in [0.4, 0.5) is 0 Å². The van der Waals surface area contributed by atoms with E-state index in [0.717, 1.165) is 11.3 Å². The topological polar surface area (TPSA) is 90.6 Å². The first-order valence-corrected chi connectivity index (χ1v) is 11.3. The summed E-state index contributed by atoms with van der Waals surface area (Å²) in [5.41, 5.74) is 2.59. The highest BCUT2D eigenvalue weighted by Crippen LogP contribution is 2.28. The first kappa shape index (κ1) is 21.6. The number of benzene rings is 2. The quantitative estimate of drug-likeness (QED) is 0.372. The first-order chi connectivity index (χ1) is 15.7. The number of nitrogens with one attached hydrogen (secondary N) is 1. The number of aromatic nitrogens is 4. The van der Waals surface area contributed by atoms with E-state index in [0.29, 0.717) is 42.0 Å². The number of rotatable bonds is 10. The maximum Gasteiger partial charge on any atom is 0.231 e. The Morgan fingerprint density at radius 2 is 1.84 bits per heavy atom. The predicted molar refractivity (Wildman–Crippen MR) is 124 cm³/mol. The number of amides is 1. The van der Waals surface area contributed by atoms with E-state index in [1.807, 2.05) is 42.5 Å². The number of hydrogen-bond donors (Lipinski definition) is 1. The SMILES string of the molecule is COc1ccccc1-c1nnc2ccc(OCCNC(=O)CSCc3ccccc3)nn12. The van der Waals surface area contributed by atoms with Crippen molar-refractivity contribution < 1.29 is 14.3 Å². The zero-order chi connectivity index (χ0) is 22.2. The molecule has 0 saturated heterocycles. The Labute approximate surface area is 190 Å². The van der Waals surface area contributed by atoms with Gasteiger partial charge in [0, 0.05) is 11.8 Å². The van der Waals surface area contributed by atoms with E-state index in [-0.39, 0.29) is 5.91 Å². The lowest BCUT2D eigenvalue weighted by Gasteiger charge is -2.09. The largest absolute Gasteiger partial charge is 0.496 e. The Hall–Kier alpha value is -3.59. The van der Waals surface area contributed by atoms with E-state index < -0.39 is 0 Å².